The number of benzene rings is 1. The highest BCUT2D eigenvalue weighted by Crippen LogP contribution is 2.35. The van der Waals surface area contributed by atoms with Gasteiger partial charge in [-0.1, -0.05) is 55.2 Å². The van der Waals surface area contributed by atoms with Crippen molar-refractivity contribution in [3.63, 3.8) is 0 Å². The van der Waals surface area contributed by atoms with Crippen molar-refractivity contribution in [2.24, 2.45) is 0 Å². The van der Waals surface area contributed by atoms with E-state index in [1.165, 1.54) is 5.56 Å². The molecule has 2 rings (SSSR count). The number of carbonyl (C=O) groups excluding carboxylic acids is 1. The normalized spacial score (nSPS) is 17.2. The van der Waals surface area contributed by atoms with Crippen molar-refractivity contribution in [1.82, 2.24) is 4.90 Å². The Bertz CT molecular complexity index is 742. The molecule has 1 amide bonds. The highest BCUT2D eigenvalue weighted by atomic mass is 32.2. The summed E-state index contributed by atoms with van der Waals surface area (Å²) in [5.74, 6) is -2.90. The minimum Gasteiger partial charge on any atom is -0.481 e. The van der Waals surface area contributed by atoms with Crippen LogP contribution in [0.15, 0.2) is 29.2 Å². The van der Waals surface area contributed by atoms with Gasteiger partial charge in [-0.2, -0.15) is 0 Å². The average Bonchev–Trinajstić information content (AvgIpc) is 2.83. The Morgan fingerprint density at radius 1 is 1.28 bits per heavy atom. The first-order valence-corrected chi connectivity index (χ1v) is 8.86. The molecule has 0 saturated carbocycles. The third kappa shape index (κ3) is 4.67. The molecule has 0 aliphatic carbocycles. The van der Waals surface area contributed by atoms with Crippen LogP contribution in [0, 0.1) is 0 Å². The van der Waals surface area contributed by atoms with Crippen molar-refractivity contribution in [3.05, 3.63) is 40.3 Å². The molecular formula is C17H17NO5S2. The molecule has 1 aliphatic rings. The van der Waals surface area contributed by atoms with Crippen LogP contribution in [0.25, 0.3) is 6.08 Å². The number of carboxylic acid groups (broad SMARTS) is 2. The van der Waals surface area contributed by atoms with Crippen LogP contribution in [0.5, 0.6) is 0 Å². The number of carboxylic acids is 2. The fourth-order valence-corrected chi connectivity index (χ4v) is 3.73. The van der Waals surface area contributed by atoms with Gasteiger partial charge in [-0.3, -0.25) is 14.5 Å². The van der Waals surface area contributed by atoms with E-state index in [9.17, 15) is 19.5 Å². The van der Waals surface area contributed by atoms with E-state index in [2.05, 4.69) is 0 Å². The lowest BCUT2D eigenvalue weighted by molar-refractivity contribution is -0.146. The van der Waals surface area contributed by atoms with Gasteiger partial charge in [0.1, 0.15) is 10.4 Å². The van der Waals surface area contributed by atoms with Crippen LogP contribution in [0.2, 0.25) is 0 Å². The smallest absolute Gasteiger partial charge is 0.326 e. The SMILES string of the molecule is CCc1ccc(/C=C2\SC(=S)N([C@@H](CCC(=O)O)C(=O)O)C2=O)cc1. The number of aliphatic carboxylic acids is 2. The van der Waals surface area contributed by atoms with E-state index in [4.69, 9.17) is 17.3 Å². The lowest BCUT2D eigenvalue weighted by atomic mass is 10.1. The van der Waals surface area contributed by atoms with Gasteiger partial charge < -0.3 is 10.2 Å². The zero-order valence-electron chi connectivity index (χ0n) is 13.5. The second-order valence-corrected chi connectivity index (χ2v) is 7.11. The largest absolute Gasteiger partial charge is 0.481 e. The molecule has 0 bridgehead atoms. The summed E-state index contributed by atoms with van der Waals surface area (Å²) >= 11 is 6.17. The minimum atomic E-state index is -1.28. The van der Waals surface area contributed by atoms with Crippen LogP contribution in [0.4, 0.5) is 0 Å². The molecule has 1 aromatic rings. The third-order valence-corrected chi connectivity index (χ3v) is 5.07. The molecule has 1 atom stereocenters. The Morgan fingerprint density at radius 2 is 1.92 bits per heavy atom. The first kappa shape index (κ1) is 19.1. The molecular weight excluding hydrogens is 362 g/mol. The molecule has 132 valence electrons. The molecule has 1 aliphatic heterocycles. The number of carbonyl (C=O) groups is 3. The summed E-state index contributed by atoms with van der Waals surface area (Å²) in [4.78, 5) is 36.1. The highest BCUT2D eigenvalue weighted by Gasteiger charge is 2.40. The maximum Gasteiger partial charge on any atom is 0.326 e. The van der Waals surface area contributed by atoms with Gasteiger partial charge in [-0.25, -0.2) is 4.79 Å². The molecule has 6 nitrogen and oxygen atoms in total. The Morgan fingerprint density at radius 3 is 2.44 bits per heavy atom. The lowest BCUT2D eigenvalue weighted by Gasteiger charge is -2.22. The van der Waals surface area contributed by atoms with E-state index in [-0.39, 0.29) is 17.2 Å². The van der Waals surface area contributed by atoms with Crippen molar-refractivity contribution in [3.8, 4) is 0 Å². The van der Waals surface area contributed by atoms with Gasteiger partial charge in [0.05, 0.1) is 4.91 Å². The summed E-state index contributed by atoms with van der Waals surface area (Å²) in [6.07, 6.45) is 2.02. The van der Waals surface area contributed by atoms with Crippen LogP contribution in [-0.2, 0) is 20.8 Å². The van der Waals surface area contributed by atoms with E-state index < -0.39 is 23.9 Å². The van der Waals surface area contributed by atoms with Gasteiger partial charge in [0.2, 0.25) is 0 Å². The molecule has 1 saturated heterocycles. The van der Waals surface area contributed by atoms with Gasteiger partial charge in [0.15, 0.2) is 0 Å². The van der Waals surface area contributed by atoms with Crippen molar-refractivity contribution >= 4 is 52.2 Å². The molecule has 0 aromatic heterocycles. The summed E-state index contributed by atoms with van der Waals surface area (Å²) in [6, 6.07) is 6.39. The second-order valence-electron chi connectivity index (χ2n) is 5.43. The number of hydrogen-bond donors (Lipinski definition) is 2. The predicted molar refractivity (Wildman–Crippen MR) is 99.1 cm³/mol. The fourth-order valence-electron chi connectivity index (χ4n) is 2.37. The fraction of sp³-hybridized carbons (Fsp3) is 0.294. The summed E-state index contributed by atoms with van der Waals surface area (Å²) in [6.45, 7) is 2.04. The van der Waals surface area contributed by atoms with Crippen molar-refractivity contribution in [2.75, 3.05) is 0 Å². The summed E-state index contributed by atoms with van der Waals surface area (Å²) in [5, 5.41) is 18.1. The number of thioether (sulfide) groups is 1. The lowest BCUT2D eigenvalue weighted by Crippen LogP contribution is -2.44. The Hall–Kier alpha value is -2.19. The van der Waals surface area contributed by atoms with E-state index >= 15 is 0 Å². The first-order chi connectivity index (χ1) is 11.8. The topological polar surface area (TPSA) is 94.9 Å². The monoisotopic (exact) mass is 379 g/mol. The molecule has 1 fully saturated rings. The number of hydrogen-bond acceptors (Lipinski definition) is 5. The first-order valence-electron chi connectivity index (χ1n) is 7.64. The molecule has 0 spiro atoms. The number of thiocarbonyl (C=S) groups is 1. The van der Waals surface area contributed by atoms with Gasteiger partial charge in [0, 0.05) is 6.42 Å². The van der Waals surface area contributed by atoms with E-state index in [1.807, 2.05) is 31.2 Å². The summed E-state index contributed by atoms with van der Waals surface area (Å²) < 4.78 is 0.124. The van der Waals surface area contributed by atoms with Crippen molar-refractivity contribution < 1.29 is 24.6 Å². The maximum absolute atomic E-state index is 12.6. The van der Waals surface area contributed by atoms with Crippen LogP contribution in [0.3, 0.4) is 0 Å². The van der Waals surface area contributed by atoms with Gasteiger partial charge in [-0.05, 0) is 30.0 Å². The average molecular weight is 379 g/mol. The predicted octanol–water partition coefficient (Wildman–Crippen LogP) is 2.77. The molecule has 1 aromatic carbocycles. The molecule has 1 heterocycles. The van der Waals surface area contributed by atoms with E-state index in [0.717, 1.165) is 28.6 Å². The number of aryl methyl sites for hydroxylation is 1. The van der Waals surface area contributed by atoms with Crippen LogP contribution < -0.4 is 0 Å². The van der Waals surface area contributed by atoms with Crippen molar-refractivity contribution in [1.29, 1.82) is 0 Å². The standard InChI is InChI=1S/C17H17NO5S2/c1-2-10-3-5-11(6-4-10)9-13-15(21)18(17(24)25-13)12(16(22)23)7-8-14(19)20/h3-6,9,12H,2,7-8H2,1H3,(H,19,20)(H,22,23)/b13-9-/t12-/m0/s1. The molecule has 8 heteroatoms. The molecule has 0 unspecified atom stereocenters. The number of rotatable bonds is 7. The highest BCUT2D eigenvalue weighted by molar-refractivity contribution is 8.26. The molecule has 25 heavy (non-hydrogen) atoms. The van der Waals surface area contributed by atoms with Gasteiger partial charge in [-0.15, -0.1) is 0 Å². The van der Waals surface area contributed by atoms with Crippen LogP contribution >= 0.6 is 24.0 Å². The molecule has 2 N–H and O–H groups in total. The van der Waals surface area contributed by atoms with Gasteiger partial charge in [0.25, 0.3) is 5.91 Å². The maximum atomic E-state index is 12.6. The summed E-state index contributed by atoms with van der Waals surface area (Å²) in [7, 11) is 0. The molecule has 0 radical (unpaired) electrons. The quantitative estimate of drug-likeness (QED) is 0.555. The summed E-state index contributed by atoms with van der Waals surface area (Å²) in [5.41, 5.74) is 1.99. The minimum absolute atomic E-state index is 0.124. The van der Waals surface area contributed by atoms with E-state index in [1.54, 1.807) is 6.08 Å². The Labute approximate surface area is 154 Å². The Balaban J connectivity index is 2.23. The van der Waals surface area contributed by atoms with Crippen LogP contribution in [0.1, 0.15) is 30.9 Å². The van der Waals surface area contributed by atoms with E-state index in [0.29, 0.717) is 4.91 Å². The zero-order valence-corrected chi connectivity index (χ0v) is 15.1. The number of amides is 1. The van der Waals surface area contributed by atoms with Crippen molar-refractivity contribution in [2.45, 2.75) is 32.2 Å². The number of nitrogens with zero attached hydrogens (tertiary/aromatic N) is 1. The Kier molecular flexibility index (Phi) is 6.33. The second kappa shape index (κ2) is 8.26. The zero-order chi connectivity index (χ0) is 18.6. The van der Waals surface area contributed by atoms with Gasteiger partial charge >= 0.3 is 11.9 Å². The van der Waals surface area contributed by atoms with Crippen LogP contribution in [-0.4, -0.2) is 43.3 Å². The third-order valence-electron chi connectivity index (χ3n) is 3.74.